The molecule has 0 aliphatic rings. The van der Waals surface area contributed by atoms with Gasteiger partial charge in [0.2, 0.25) is 0 Å². The summed E-state index contributed by atoms with van der Waals surface area (Å²) in [5.41, 5.74) is 9.47. The lowest BCUT2D eigenvalue weighted by atomic mass is 9.89. The van der Waals surface area contributed by atoms with Gasteiger partial charge >= 0.3 is 0 Å². The minimum absolute atomic E-state index is 0.00985. The third-order valence-electron chi connectivity index (χ3n) is 3.09. The van der Waals surface area contributed by atoms with E-state index in [9.17, 15) is 0 Å². The Labute approximate surface area is 123 Å². The summed E-state index contributed by atoms with van der Waals surface area (Å²) in [6.07, 6.45) is 0.841. The fraction of sp³-hybridized carbons (Fsp3) is 0.400. The summed E-state index contributed by atoms with van der Waals surface area (Å²) in [5.74, 6) is 0. The van der Waals surface area contributed by atoms with Gasteiger partial charge in [0.25, 0.3) is 0 Å². The van der Waals surface area contributed by atoms with Gasteiger partial charge in [0, 0.05) is 21.7 Å². The number of rotatable bonds is 2. The van der Waals surface area contributed by atoms with Crippen LogP contribution in [-0.2, 0) is 11.8 Å². The van der Waals surface area contributed by atoms with Gasteiger partial charge in [-0.3, -0.25) is 0 Å². The van der Waals surface area contributed by atoms with Crippen LogP contribution < -0.4 is 5.73 Å². The zero-order chi connectivity index (χ0) is 14.2. The molecule has 2 rings (SSSR count). The lowest BCUT2D eigenvalue weighted by molar-refractivity contribution is 0.568. The van der Waals surface area contributed by atoms with E-state index in [4.69, 9.17) is 17.3 Å². The number of benzene rings is 1. The van der Waals surface area contributed by atoms with E-state index in [1.54, 1.807) is 11.3 Å². The van der Waals surface area contributed by atoms with E-state index >= 15 is 0 Å². The molecule has 1 aromatic carbocycles. The van der Waals surface area contributed by atoms with Gasteiger partial charge in [-0.05, 0) is 30.2 Å². The van der Waals surface area contributed by atoms with Crippen molar-refractivity contribution in [3.05, 3.63) is 44.9 Å². The first-order valence-corrected chi connectivity index (χ1v) is 7.47. The summed E-state index contributed by atoms with van der Waals surface area (Å²) < 4.78 is 0. The van der Waals surface area contributed by atoms with E-state index in [-0.39, 0.29) is 5.41 Å². The average Bonchev–Trinajstić information content (AvgIpc) is 2.65. The van der Waals surface area contributed by atoms with E-state index in [0.717, 1.165) is 17.1 Å². The maximum absolute atomic E-state index is 6.08. The molecule has 1 aromatic heterocycles. The van der Waals surface area contributed by atoms with Crippen molar-refractivity contribution in [3.8, 4) is 0 Å². The predicted octanol–water partition coefficient (Wildman–Crippen LogP) is 4.58. The largest absolute Gasteiger partial charge is 0.375 e. The molecular weight excluding hydrogens is 276 g/mol. The summed E-state index contributed by atoms with van der Waals surface area (Å²) >= 11 is 7.66. The topological polar surface area (TPSA) is 38.9 Å². The Bertz CT molecular complexity index is 597. The van der Waals surface area contributed by atoms with E-state index in [2.05, 4.69) is 38.7 Å². The number of nitrogens with two attached hydrogens (primary N) is 1. The monoisotopic (exact) mass is 294 g/mol. The third-order valence-corrected chi connectivity index (χ3v) is 4.21. The lowest BCUT2D eigenvalue weighted by Gasteiger charge is -2.18. The standard InChI is InChI=1S/C15H19ClN2S/c1-9-5-6-11(16)7-10(9)8-12-13(15(2,3)4)18-14(17)19-12/h5-7H,8H2,1-4H3,(H2,17,18). The van der Waals surface area contributed by atoms with E-state index in [1.165, 1.54) is 16.0 Å². The van der Waals surface area contributed by atoms with Crippen molar-refractivity contribution in [1.29, 1.82) is 0 Å². The first-order valence-electron chi connectivity index (χ1n) is 6.28. The van der Waals surface area contributed by atoms with Crippen molar-refractivity contribution in [2.45, 2.75) is 39.5 Å². The lowest BCUT2D eigenvalue weighted by Crippen LogP contribution is -2.14. The van der Waals surface area contributed by atoms with Gasteiger partial charge in [0.1, 0.15) is 0 Å². The summed E-state index contributed by atoms with van der Waals surface area (Å²) in [7, 11) is 0. The van der Waals surface area contributed by atoms with Crippen LogP contribution in [0, 0.1) is 6.92 Å². The number of hydrogen-bond donors (Lipinski definition) is 1. The van der Waals surface area contributed by atoms with Crippen molar-refractivity contribution in [3.63, 3.8) is 0 Å². The molecule has 4 heteroatoms. The Morgan fingerprint density at radius 3 is 2.63 bits per heavy atom. The van der Waals surface area contributed by atoms with Crippen LogP contribution in [0.4, 0.5) is 5.13 Å². The minimum atomic E-state index is 0.00985. The molecule has 0 aliphatic heterocycles. The number of halogens is 1. The molecule has 0 unspecified atom stereocenters. The summed E-state index contributed by atoms with van der Waals surface area (Å²) in [5, 5.41) is 1.41. The highest BCUT2D eigenvalue weighted by atomic mass is 35.5. The smallest absolute Gasteiger partial charge is 0.180 e. The molecular formula is C15H19ClN2S. The highest BCUT2D eigenvalue weighted by Crippen LogP contribution is 2.33. The Kier molecular flexibility index (Phi) is 3.88. The van der Waals surface area contributed by atoms with Crippen LogP contribution in [0.1, 0.15) is 42.5 Å². The van der Waals surface area contributed by atoms with Crippen LogP contribution in [0.5, 0.6) is 0 Å². The molecule has 0 amide bonds. The maximum Gasteiger partial charge on any atom is 0.180 e. The second-order valence-electron chi connectivity index (χ2n) is 5.82. The number of aryl methyl sites for hydroxylation is 1. The zero-order valence-corrected chi connectivity index (χ0v) is 13.3. The average molecular weight is 295 g/mol. The second-order valence-corrected chi connectivity index (χ2v) is 7.37. The molecule has 0 fully saturated rings. The molecule has 0 atom stereocenters. The Hall–Kier alpha value is -1.06. The zero-order valence-electron chi connectivity index (χ0n) is 11.7. The van der Waals surface area contributed by atoms with Crippen LogP contribution >= 0.6 is 22.9 Å². The van der Waals surface area contributed by atoms with E-state index in [0.29, 0.717) is 5.13 Å². The number of nitrogen functional groups attached to an aromatic ring is 1. The van der Waals surface area contributed by atoms with Crippen molar-refractivity contribution in [1.82, 2.24) is 4.98 Å². The highest BCUT2D eigenvalue weighted by molar-refractivity contribution is 7.15. The molecule has 19 heavy (non-hydrogen) atoms. The van der Waals surface area contributed by atoms with E-state index < -0.39 is 0 Å². The molecule has 2 nitrogen and oxygen atoms in total. The predicted molar refractivity (Wildman–Crippen MR) is 84.2 cm³/mol. The SMILES string of the molecule is Cc1ccc(Cl)cc1Cc1sc(N)nc1C(C)(C)C. The summed E-state index contributed by atoms with van der Waals surface area (Å²) in [6, 6.07) is 6.00. The maximum atomic E-state index is 6.08. The van der Waals surface area contributed by atoms with Gasteiger partial charge in [-0.1, -0.05) is 38.4 Å². The number of thiazole rings is 1. The molecule has 0 spiro atoms. The molecule has 2 N–H and O–H groups in total. The van der Waals surface area contributed by atoms with Gasteiger partial charge in [-0.2, -0.15) is 0 Å². The van der Waals surface area contributed by atoms with Crippen molar-refractivity contribution >= 4 is 28.1 Å². The molecule has 0 saturated carbocycles. The highest BCUT2D eigenvalue weighted by Gasteiger charge is 2.23. The van der Waals surface area contributed by atoms with Crippen molar-refractivity contribution in [2.75, 3.05) is 5.73 Å². The quantitative estimate of drug-likeness (QED) is 0.881. The van der Waals surface area contributed by atoms with Crippen LogP contribution in [0.15, 0.2) is 18.2 Å². The Morgan fingerprint density at radius 2 is 2.00 bits per heavy atom. The van der Waals surface area contributed by atoms with Crippen LogP contribution in [0.25, 0.3) is 0 Å². The molecule has 102 valence electrons. The van der Waals surface area contributed by atoms with Gasteiger partial charge in [-0.15, -0.1) is 11.3 Å². The van der Waals surface area contributed by atoms with Gasteiger partial charge in [0.05, 0.1) is 5.69 Å². The fourth-order valence-corrected chi connectivity index (χ4v) is 3.34. The molecule has 0 aliphatic carbocycles. The van der Waals surface area contributed by atoms with Crippen molar-refractivity contribution in [2.24, 2.45) is 0 Å². The molecule has 0 saturated heterocycles. The fourth-order valence-electron chi connectivity index (χ4n) is 2.08. The van der Waals surface area contributed by atoms with Crippen LogP contribution in [0.2, 0.25) is 5.02 Å². The molecule has 0 bridgehead atoms. The first kappa shape index (κ1) is 14.4. The van der Waals surface area contributed by atoms with Gasteiger partial charge in [-0.25, -0.2) is 4.98 Å². The summed E-state index contributed by atoms with van der Waals surface area (Å²) in [6.45, 7) is 8.59. The van der Waals surface area contributed by atoms with Crippen LogP contribution in [0.3, 0.4) is 0 Å². The number of aromatic nitrogens is 1. The second kappa shape index (κ2) is 5.14. The number of anilines is 1. The molecule has 1 heterocycles. The van der Waals surface area contributed by atoms with Crippen LogP contribution in [-0.4, -0.2) is 4.98 Å². The molecule has 0 radical (unpaired) electrons. The normalized spacial score (nSPS) is 11.8. The van der Waals surface area contributed by atoms with Gasteiger partial charge < -0.3 is 5.73 Å². The van der Waals surface area contributed by atoms with E-state index in [1.807, 2.05) is 12.1 Å². The minimum Gasteiger partial charge on any atom is -0.375 e. The summed E-state index contributed by atoms with van der Waals surface area (Å²) in [4.78, 5) is 5.73. The number of hydrogen-bond acceptors (Lipinski definition) is 3. The Morgan fingerprint density at radius 1 is 1.32 bits per heavy atom. The van der Waals surface area contributed by atoms with Crippen molar-refractivity contribution < 1.29 is 0 Å². The Balaban J connectivity index is 2.41. The number of nitrogens with zero attached hydrogens (tertiary/aromatic N) is 1. The molecule has 2 aromatic rings. The first-order chi connectivity index (χ1) is 8.77. The van der Waals surface area contributed by atoms with Gasteiger partial charge in [0.15, 0.2) is 5.13 Å². The third kappa shape index (κ3) is 3.28.